The molecule has 1 aromatic heterocycles. The number of carbonyl (C=O) groups excluding carboxylic acids is 1. The highest BCUT2D eigenvalue weighted by atomic mass is 16.5. The molecular formula is C21H21N3O2. The molecule has 0 fully saturated rings. The number of aromatic nitrogens is 1. The van der Waals surface area contributed by atoms with E-state index in [1.165, 1.54) is 0 Å². The third-order valence-electron chi connectivity index (χ3n) is 3.72. The van der Waals surface area contributed by atoms with Gasteiger partial charge in [-0.05, 0) is 41.5 Å². The Balaban J connectivity index is 1.41. The zero-order chi connectivity index (χ0) is 18.0. The molecule has 2 N–H and O–H groups in total. The Morgan fingerprint density at radius 3 is 2.42 bits per heavy atom. The Morgan fingerprint density at radius 1 is 0.923 bits per heavy atom. The Bertz CT molecular complexity index is 806. The van der Waals surface area contributed by atoms with Gasteiger partial charge >= 0.3 is 0 Å². The fourth-order valence-corrected chi connectivity index (χ4v) is 2.40. The summed E-state index contributed by atoms with van der Waals surface area (Å²) >= 11 is 0. The van der Waals surface area contributed by atoms with Crippen LogP contribution in [0.15, 0.2) is 79.1 Å². The normalized spacial score (nSPS) is 10.3. The third-order valence-corrected chi connectivity index (χ3v) is 3.72. The van der Waals surface area contributed by atoms with Crippen molar-refractivity contribution in [1.29, 1.82) is 0 Å². The molecule has 5 heteroatoms. The predicted octanol–water partition coefficient (Wildman–Crippen LogP) is 3.39. The van der Waals surface area contributed by atoms with Crippen LogP contribution in [0.2, 0.25) is 0 Å². The van der Waals surface area contributed by atoms with Crippen LogP contribution < -0.4 is 15.4 Å². The quantitative estimate of drug-likeness (QED) is 0.656. The zero-order valence-corrected chi connectivity index (χ0v) is 14.4. The first kappa shape index (κ1) is 17.6. The second-order valence-electron chi connectivity index (χ2n) is 5.81. The lowest BCUT2D eigenvalue weighted by Crippen LogP contribution is -2.27. The monoisotopic (exact) mass is 347 g/mol. The molecule has 0 saturated carbocycles. The fourth-order valence-electron chi connectivity index (χ4n) is 2.40. The van der Waals surface area contributed by atoms with E-state index in [-0.39, 0.29) is 12.5 Å². The summed E-state index contributed by atoms with van der Waals surface area (Å²) in [4.78, 5) is 16.0. The number of carbonyl (C=O) groups is 1. The maximum absolute atomic E-state index is 12.0. The molecule has 0 spiro atoms. The Hall–Kier alpha value is -3.18. The number of nitrogens with zero attached hydrogens (tertiary/aromatic N) is 1. The molecule has 0 unspecified atom stereocenters. The number of ether oxygens (including phenoxy) is 1. The molecule has 0 aliphatic heterocycles. The zero-order valence-electron chi connectivity index (χ0n) is 14.4. The number of pyridine rings is 1. The van der Waals surface area contributed by atoms with E-state index in [4.69, 9.17) is 4.74 Å². The number of amides is 1. The summed E-state index contributed by atoms with van der Waals surface area (Å²) in [5, 5.41) is 5.95. The summed E-state index contributed by atoms with van der Waals surface area (Å²) in [5.74, 6) is 0.674. The second-order valence-corrected chi connectivity index (χ2v) is 5.81. The first-order valence-corrected chi connectivity index (χ1v) is 8.46. The average molecular weight is 347 g/mol. The van der Waals surface area contributed by atoms with Crippen LogP contribution in [0.3, 0.4) is 0 Å². The van der Waals surface area contributed by atoms with Gasteiger partial charge in [0.1, 0.15) is 12.4 Å². The average Bonchev–Trinajstić information content (AvgIpc) is 2.69. The van der Waals surface area contributed by atoms with Crippen LogP contribution in [0.25, 0.3) is 0 Å². The van der Waals surface area contributed by atoms with Crippen LogP contribution in [-0.2, 0) is 17.9 Å². The van der Waals surface area contributed by atoms with Crippen molar-refractivity contribution >= 4 is 11.6 Å². The van der Waals surface area contributed by atoms with E-state index in [2.05, 4.69) is 15.6 Å². The third kappa shape index (κ3) is 5.72. The van der Waals surface area contributed by atoms with Crippen LogP contribution in [0.1, 0.15) is 11.1 Å². The largest absolute Gasteiger partial charge is 0.489 e. The summed E-state index contributed by atoms with van der Waals surface area (Å²) in [7, 11) is 0. The number of hydrogen-bond donors (Lipinski definition) is 2. The molecule has 1 amide bonds. The van der Waals surface area contributed by atoms with Gasteiger partial charge in [0.15, 0.2) is 0 Å². The van der Waals surface area contributed by atoms with Crippen molar-refractivity contribution in [3.05, 3.63) is 90.3 Å². The van der Waals surface area contributed by atoms with Crippen LogP contribution in [-0.4, -0.2) is 17.4 Å². The summed E-state index contributed by atoms with van der Waals surface area (Å²) in [6.07, 6.45) is 3.50. The highest BCUT2D eigenvalue weighted by molar-refractivity contribution is 5.92. The van der Waals surface area contributed by atoms with Crippen molar-refractivity contribution in [2.24, 2.45) is 0 Å². The lowest BCUT2D eigenvalue weighted by atomic mass is 10.2. The second kappa shape index (κ2) is 9.34. The van der Waals surface area contributed by atoms with Crippen molar-refractivity contribution < 1.29 is 9.53 Å². The molecule has 0 atom stereocenters. The van der Waals surface area contributed by atoms with E-state index in [1.54, 1.807) is 12.4 Å². The van der Waals surface area contributed by atoms with Crippen molar-refractivity contribution in [1.82, 2.24) is 10.3 Å². The molecule has 0 radical (unpaired) electrons. The van der Waals surface area contributed by atoms with Gasteiger partial charge in [0.25, 0.3) is 0 Å². The standard InChI is InChI=1S/C21H21N3O2/c25-21(15-23-14-18-7-4-12-22-13-18)24-19-8-10-20(11-9-19)26-16-17-5-2-1-3-6-17/h1-13,23H,14-16H2,(H,24,25). The molecule has 0 aliphatic carbocycles. The summed E-state index contributed by atoms with van der Waals surface area (Å²) in [6.45, 7) is 1.36. The highest BCUT2D eigenvalue weighted by Gasteiger charge is 2.03. The summed E-state index contributed by atoms with van der Waals surface area (Å²) < 4.78 is 5.73. The summed E-state index contributed by atoms with van der Waals surface area (Å²) in [5.41, 5.74) is 2.90. The van der Waals surface area contributed by atoms with Crippen LogP contribution in [0, 0.1) is 0 Å². The van der Waals surface area contributed by atoms with Crippen molar-refractivity contribution in [3.8, 4) is 5.75 Å². The van der Waals surface area contributed by atoms with Crippen molar-refractivity contribution in [3.63, 3.8) is 0 Å². The van der Waals surface area contributed by atoms with E-state index in [0.717, 1.165) is 22.6 Å². The molecule has 132 valence electrons. The number of rotatable bonds is 8. The van der Waals surface area contributed by atoms with Gasteiger partial charge in [-0.2, -0.15) is 0 Å². The lowest BCUT2D eigenvalue weighted by molar-refractivity contribution is -0.115. The minimum atomic E-state index is -0.0909. The molecule has 0 aliphatic rings. The Kier molecular flexibility index (Phi) is 6.34. The van der Waals surface area contributed by atoms with Crippen molar-refractivity contribution in [2.45, 2.75) is 13.2 Å². The van der Waals surface area contributed by atoms with Gasteiger partial charge in [0.2, 0.25) is 5.91 Å². The Morgan fingerprint density at radius 2 is 1.69 bits per heavy atom. The van der Waals surface area contributed by atoms with Gasteiger partial charge in [-0.25, -0.2) is 0 Å². The van der Waals surface area contributed by atoms with Crippen LogP contribution in [0.5, 0.6) is 5.75 Å². The number of nitrogens with one attached hydrogen (secondary N) is 2. The van der Waals surface area contributed by atoms with E-state index in [9.17, 15) is 4.79 Å². The Labute approximate surface area is 153 Å². The van der Waals surface area contributed by atoms with E-state index in [1.807, 2.05) is 66.7 Å². The van der Waals surface area contributed by atoms with Gasteiger partial charge in [0, 0.05) is 24.6 Å². The smallest absolute Gasteiger partial charge is 0.238 e. The van der Waals surface area contributed by atoms with Gasteiger partial charge in [-0.1, -0.05) is 36.4 Å². The van der Waals surface area contributed by atoms with Crippen LogP contribution in [0.4, 0.5) is 5.69 Å². The molecular weight excluding hydrogens is 326 g/mol. The van der Waals surface area contributed by atoms with E-state index >= 15 is 0 Å². The summed E-state index contributed by atoms with van der Waals surface area (Å²) in [6, 6.07) is 21.2. The van der Waals surface area contributed by atoms with Gasteiger partial charge in [-0.3, -0.25) is 9.78 Å². The maximum atomic E-state index is 12.0. The minimum Gasteiger partial charge on any atom is -0.489 e. The highest BCUT2D eigenvalue weighted by Crippen LogP contribution is 2.17. The number of hydrogen-bond acceptors (Lipinski definition) is 4. The number of benzene rings is 2. The molecule has 26 heavy (non-hydrogen) atoms. The lowest BCUT2D eigenvalue weighted by Gasteiger charge is -2.09. The number of anilines is 1. The molecule has 0 saturated heterocycles. The van der Waals surface area contributed by atoms with Crippen molar-refractivity contribution in [2.75, 3.05) is 11.9 Å². The van der Waals surface area contributed by atoms with Gasteiger partial charge < -0.3 is 15.4 Å². The molecule has 2 aromatic carbocycles. The molecule has 3 rings (SSSR count). The maximum Gasteiger partial charge on any atom is 0.238 e. The molecule has 0 bridgehead atoms. The van der Waals surface area contributed by atoms with E-state index in [0.29, 0.717) is 13.2 Å². The first-order chi connectivity index (χ1) is 12.8. The van der Waals surface area contributed by atoms with E-state index < -0.39 is 0 Å². The molecule has 1 heterocycles. The SMILES string of the molecule is O=C(CNCc1cccnc1)Nc1ccc(OCc2ccccc2)cc1. The van der Waals surface area contributed by atoms with Gasteiger partial charge in [-0.15, -0.1) is 0 Å². The molecule has 5 nitrogen and oxygen atoms in total. The first-order valence-electron chi connectivity index (χ1n) is 8.46. The van der Waals surface area contributed by atoms with Gasteiger partial charge in [0.05, 0.1) is 6.54 Å². The topological polar surface area (TPSA) is 63.2 Å². The predicted molar refractivity (Wildman–Crippen MR) is 102 cm³/mol. The van der Waals surface area contributed by atoms with Crippen LogP contribution >= 0.6 is 0 Å². The minimum absolute atomic E-state index is 0.0909. The fraction of sp³-hybridized carbons (Fsp3) is 0.143. The molecule has 3 aromatic rings.